The van der Waals surface area contributed by atoms with Crippen LogP contribution in [-0.4, -0.2) is 29.3 Å². The number of benzene rings is 1. The van der Waals surface area contributed by atoms with Gasteiger partial charge in [0.1, 0.15) is 11.9 Å². The zero-order chi connectivity index (χ0) is 13.0. The molecule has 0 aliphatic carbocycles. The van der Waals surface area contributed by atoms with E-state index in [0.29, 0.717) is 11.3 Å². The van der Waals surface area contributed by atoms with Crippen LogP contribution in [0.25, 0.3) is 0 Å². The molecule has 6 heteroatoms. The molecule has 1 amide bonds. The number of halogens is 1. The van der Waals surface area contributed by atoms with E-state index in [1.807, 2.05) is 0 Å². The molecular formula is C11H14ClNO4. The largest absolute Gasteiger partial charge is 0.497 e. The molecule has 0 spiro atoms. The Balaban J connectivity index is 2.94. The number of carbonyl (C=O) groups is 1. The normalized spacial score (nSPS) is 14.1. The molecule has 0 bridgehead atoms. The van der Waals surface area contributed by atoms with Gasteiger partial charge in [0, 0.05) is 10.6 Å². The second kappa shape index (κ2) is 5.86. The summed E-state index contributed by atoms with van der Waals surface area (Å²) in [6.07, 6.45) is -2.92. The third kappa shape index (κ3) is 3.59. The summed E-state index contributed by atoms with van der Waals surface area (Å²) in [7, 11) is 1.47. The Bertz CT molecular complexity index is 410. The van der Waals surface area contributed by atoms with Gasteiger partial charge in [-0.3, -0.25) is 4.79 Å². The fourth-order valence-corrected chi connectivity index (χ4v) is 1.63. The van der Waals surface area contributed by atoms with Crippen LogP contribution in [0.5, 0.6) is 5.75 Å². The predicted octanol–water partition coefficient (Wildman–Crippen LogP) is 0.618. The van der Waals surface area contributed by atoms with Crippen molar-refractivity contribution in [3.8, 4) is 5.75 Å². The number of ether oxygens (including phenoxy) is 1. The van der Waals surface area contributed by atoms with Crippen molar-refractivity contribution in [3.05, 3.63) is 28.8 Å². The van der Waals surface area contributed by atoms with Crippen LogP contribution in [0.2, 0.25) is 5.02 Å². The van der Waals surface area contributed by atoms with Gasteiger partial charge < -0.3 is 20.7 Å². The zero-order valence-electron chi connectivity index (χ0n) is 9.26. The van der Waals surface area contributed by atoms with Crippen LogP contribution in [0, 0.1) is 0 Å². The molecule has 0 heterocycles. The Morgan fingerprint density at radius 2 is 2.18 bits per heavy atom. The average molecular weight is 260 g/mol. The zero-order valence-corrected chi connectivity index (χ0v) is 10.0. The molecule has 2 unspecified atom stereocenters. The maximum atomic E-state index is 10.6. The van der Waals surface area contributed by atoms with Gasteiger partial charge >= 0.3 is 0 Å². The van der Waals surface area contributed by atoms with Crippen LogP contribution in [-0.2, 0) is 4.79 Å². The fourth-order valence-electron chi connectivity index (χ4n) is 1.40. The van der Waals surface area contributed by atoms with E-state index in [4.69, 9.17) is 22.1 Å². The average Bonchev–Trinajstić information content (AvgIpc) is 2.28. The number of nitrogens with two attached hydrogens (primary N) is 1. The Morgan fingerprint density at radius 1 is 1.53 bits per heavy atom. The smallest absolute Gasteiger partial charge is 0.220 e. The Labute approximate surface area is 104 Å². The fraction of sp³-hybridized carbons (Fsp3) is 0.364. The van der Waals surface area contributed by atoms with Gasteiger partial charge in [0.25, 0.3) is 0 Å². The lowest BCUT2D eigenvalue weighted by Gasteiger charge is -2.18. The van der Waals surface area contributed by atoms with Gasteiger partial charge in [-0.25, -0.2) is 0 Å². The number of hydrogen-bond donors (Lipinski definition) is 3. The van der Waals surface area contributed by atoms with E-state index in [9.17, 15) is 15.0 Å². The van der Waals surface area contributed by atoms with Crippen molar-refractivity contribution in [2.24, 2.45) is 5.73 Å². The first kappa shape index (κ1) is 13.8. The molecule has 0 aliphatic heterocycles. The van der Waals surface area contributed by atoms with E-state index in [0.717, 1.165) is 0 Å². The van der Waals surface area contributed by atoms with Crippen molar-refractivity contribution in [1.82, 2.24) is 0 Å². The Kier molecular flexibility index (Phi) is 4.74. The topological polar surface area (TPSA) is 92.8 Å². The van der Waals surface area contributed by atoms with Gasteiger partial charge in [-0.1, -0.05) is 11.6 Å². The minimum Gasteiger partial charge on any atom is -0.497 e. The molecule has 1 aromatic carbocycles. The van der Waals surface area contributed by atoms with E-state index in [-0.39, 0.29) is 11.4 Å². The number of amides is 1. The number of primary amides is 1. The summed E-state index contributed by atoms with van der Waals surface area (Å²) in [4.78, 5) is 10.6. The number of carbonyl (C=O) groups excluding carboxylic acids is 1. The SMILES string of the molecule is COc1ccc(Cl)c(C(O)C(O)CC(N)=O)c1. The lowest BCUT2D eigenvalue weighted by atomic mass is 10.0. The summed E-state index contributed by atoms with van der Waals surface area (Å²) >= 11 is 5.89. The van der Waals surface area contributed by atoms with Crippen molar-refractivity contribution in [2.75, 3.05) is 7.11 Å². The highest BCUT2D eigenvalue weighted by molar-refractivity contribution is 6.31. The highest BCUT2D eigenvalue weighted by Crippen LogP contribution is 2.29. The van der Waals surface area contributed by atoms with E-state index in [1.165, 1.54) is 19.2 Å². The molecule has 2 atom stereocenters. The molecule has 0 saturated heterocycles. The van der Waals surface area contributed by atoms with E-state index in [2.05, 4.69) is 0 Å². The van der Waals surface area contributed by atoms with Crippen LogP contribution < -0.4 is 10.5 Å². The number of rotatable bonds is 5. The first-order chi connectivity index (χ1) is 7.95. The van der Waals surface area contributed by atoms with Crippen molar-refractivity contribution in [2.45, 2.75) is 18.6 Å². The Morgan fingerprint density at radius 3 is 2.71 bits per heavy atom. The van der Waals surface area contributed by atoms with Crippen LogP contribution in [0.15, 0.2) is 18.2 Å². The highest BCUT2D eigenvalue weighted by atomic mass is 35.5. The quantitative estimate of drug-likeness (QED) is 0.723. The van der Waals surface area contributed by atoms with Crippen molar-refractivity contribution in [3.63, 3.8) is 0 Å². The monoisotopic (exact) mass is 259 g/mol. The number of methoxy groups -OCH3 is 1. The maximum absolute atomic E-state index is 10.6. The van der Waals surface area contributed by atoms with Crippen LogP contribution in [0.1, 0.15) is 18.1 Å². The lowest BCUT2D eigenvalue weighted by molar-refractivity contribution is -0.121. The third-order valence-corrected chi connectivity index (χ3v) is 2.64. The van der Waals surface area contributed by atoms with Gasteiger partial charge in [-0.15, -0.1) is 0 Å². The molecule has 94 valence electrons. The second-order valence-corrected chi connectivity index (χ2v) is 3.98. The molecular weight excluding hydrogens is 246 g/mol. The molecule has 1 rings (SSSR count). The summed E-state index contributed by atoms with van der Waals surface area (Å²) in [5.74, 6) is -0.203. The van der Waals surface area contributed by atoms with E-state index >= 15 is 0 Å². The van der Waals surface area contributed by atoms with Crippen LogP contribution in [0.3, 0.4) is 0 Å². The van der Waals surface area contributed by atoms with Gasteiger partial charge in [0.15, 0.2) is 0 Å². The number of hydrogen-bond acceptors (Lipinski definition) is 4. The molecule has 17 heavy (non-hydrogen) atoms. The van der Waals surface area contributed by atoms with Gasteiger partial charge in [-0.2, -0.15) is 0 Å². The summed E-state index contributed by atoms with van der Waals surface area (Å²) in [6, 6.07) is 4.66. The number of aliphatic hydroxyl groups is 2. The summed E-state index contributed by atoms with van der Waals surface area (Å²) in [5.41, 5.74) is 5.23. The first-order valence-corrected chi connectivity index (χ1v) is 5.31. The Hall–Kier alpha value is -1.30. The summed E-state index contributed by atoms with van der Waals surface area (Å²) in [5, 5.41) is 19.7. The van der Waals surface area contributed by atoms with Gasteiger partial charge in [0.05, 0.1) is 19.6 Å². The number of aliphatic hydroxyl groups excluding tert-OH is 2. The molecule has 4 N–H and O–H groups in total. The standard InChI is InChI=1S/C11H14ClNO4/c1-17-6-2-3-8(12)7(4-6)11(16)9(14)5-10(13)15/h2-4,9,11,14,16H,5H2,1H3,(H2,13,15). The summed E-state index contributed by atoms with van der Waals surface area (Å²) < 4.78 is 4.98. The second-order valence-electron chi connectivity index (χ2n) is 3.57. The molecule has 1 aromatic rings. The molecule has 0 saturated carbocycles. The minimum absolute atomic E-state index is 0.279. The predicted molar refractivity (Wildman–Crippen MR) is 62.8 cm³/mol. The van der Waals surface area contributed by atoms with Crippen molar-refractivity contribution < 1.29 is 19.7 Å². The van der Waals surface area contributed by atoms with Crippen molar-refractivity contribution >= 4 is 17.5 Å². The van der Waals surface area contributed by atoms with Crippen LogP contribution in [0.4, 0.5) is 0 Å². The van der Waals surface area contributed by atoms with Gasteiger partial charge in [-0.05, 0) is 18.2 Å². The van der Waals surface area contributed by atoms with E-state index < -0.39 is 18.1 Å². The molecule has 0 radical (unpaired) electrons. The maximum Gasteiger partial charge on any atom is 0.220 e. The highest BCUT2D eigenvalue weighted by Gasteiger charge is 2.22. The molecule has 0 aromatic heterocycles. The van der Waals surface area contributed by atoms with Crippen molar-refractivity contribution in [1.29, 1.82) is 0 Å². The minimum atomic E-state index is -1.29. The summed E-state index contributed by atoms with van der Waals surface area (Å²) in [6.45, 7) is 0. The first-order valence-electron chi connectivity index (χ1n) is 4.93. The molecule has 5 nitrogen and oxygen atoms in total. The molecule has 0 fully saturated rings. The van der Waals surface area contributed by atoms with Gasteiger partial charge in [0.2, 0.25) is 5.91 Å². The van der Waals surface area contributed by atoms with E-state index in [1.54, 1.807) is 6.07 Å². The van der Waals surface area contributed by atoms with Crippen LogP contribution >= 0.6 is 11.6 Å². The third-order valence-electron chi connectivity index (χ3n) is 2.30. The molecule has 0 aliphatic rings. The lowest BCUT2D eigenvalue weighted by Crippen LogP contribution is -2.25.